The second-order valence-electron chi connectivity index (χ2n) is 6.11. The van der Waals surface area contributed by atoms with Crippen LogP contribution in [0.5, 0.6) is 0 Å². The van der Waals surface area contributed by atoms with Crippen molar-refractivity contribution >= 4 is 17.1 Å². The zero-order valence-electron chi connectivity index (χ0n) is 14.7. The smallest absolute Gasteiger partial charge is 0.343 e. The van der Waals surface area contributed by atoms with Crippen LogP contribution in [-0.2, 0) is 22.6 Å². The Morgan fingerprint density at radius 1 is 1.28 bits per heavy atom. The summed E-state index contributed by atoms with van der Waals surface area (Å²) in [5, 5.41) is 0.433. The molecule has 0 aliphatic carbocycles. The van der Waals surface area contributed by atoms with Crippen LogP contribution in [0.2, 0.25) is 0 Å². The summed E-state index contributed by atoms with van der Waals surface area (Å²) in [4.78, 5) is 27.0. The minimum Gasteiger partial charge on any atom is -0.462 e. The van der Waals surface area contributed by atoms with Gasteiger partial charge in [0, 0.05) is 25.8 Å². The molecule has 0 bridgehead atoms. The van der Waals surface area contributed by atoms with Crippen molar-refractivity contribution in [3.05, 3.63) is 33.8 Å². The van der Waals surface area contributed by atoms with Crippen molar-refractivity contribution in [2.24, 2.45) is 0 Å². The van der Waals surface area contributed by atoms with Crippen LogP contribution in [0.15, 0.2) is 21.5 Å². The molecule has 3 rings (SSSR count). The number of esters is 1. The Morgan fingerprint density at radius 3 is 2.72 bits per heavy atom. The second kappa shape index (κ2) is 7.84. The van der Waals surface area contributed by atoms with Crippen LogP contribution in [0, 0.1) is 0 Å². The molecule has 136 valence electrons. The van der Waals surface area contributed by atoms with Crippen LogP contribution < -0.4 is 5.43 Å². The Labute approximate surface area is 146 Å². The van der Waals surface area contributed by atoms with Gasteiger partial charge in [0.15, 0.2) is 0 Å². The number of carbonyl (C=O) groups excluding carboxylic acids is 1. The van der Waals surface area contributed by atoms with E-state index >= 15 is 0 Å². The van der Waals surface area contributed by atoms with Gasteiger partial charge in [-0.2, -0.15) is 0 Å². The van der Waals surface area contributed by atoms with E-state index in [4.69, 9.17) is 13.9 Å². The fourth-order valence-corrected chi connectivity index (χ4v) is 3.04. The normalized spacial score (nSPS) is 15.6. The predicted molar refractivity (Wildman–Crippen MR) is 92.8 cm³/mol. The van der Waals surface area contributed by atoms with E-state index in [2.05, 4.69) is 4.90 Å². The number of ether oxygens (including phenoxy) is 2. The summed E-state index contributed by atoms with van der Waals surface area (Å²) in [5.41, 5.74) is 0.238. The van der Waals surface area contributed by atoms with Gasteiger partial charge in [0.1, 0.15) is 11.3 Å². The quantitative estimate of drug-likeness (QED) is 0.744. The number of fused-ring (bicyclic) bond motifs is 1. The lowest BCUT2D eigenvalue weighted by Crippen LogP contribution is -2.35. The van der Waals surface area contributed by atoms with Crippen molar-refractivity contribution in [3.63, 3.8) is 0 Å². The van der Waals surface area contributed by atoms with E-state index in [-0.39, 0.29) is 17.6 Å². The van der Waals surface area contributed by atoms with E-state index in [1.54, 1.807) is 19.2 Å². The lowest BCUT2D eigenvalue weighted by Gasteiger charge is -2.25. The minimum absolute atomic E-state index is 0.0570. The Hall–Kier alpha value is -2.12. The standard InChI is InChI=1S/C18H24N2O5/c1-3-5-20-12-15(18(22)24-4-2)16(21)14-10-13(25-17(14)20)11-19-6-8-23-9-7-19/h10,12H,3-9,11H2,1-2H3. The number of hydrogen-bond acceptors (Lipinski definition) is 6. The summed E-state index contributed by atoms with van der Waals surface area (Å²) >= 11 is 0. The molecule has 0 N–H and O–H groups in total. The number of pyridine rings is 1. The molecule has 0 radical (unpaired) electrons. The molecule has 0 amide bonds. The zero-order valence-corrected chi connectivity index (χ0v) is 14.7. The molecule has 1 saturated heterocycles. The van der Waals surface area contributed by atoms with Gasteiger partial charge in [-0.25, -0.2) is 4.79 Å². The minimum atomic E-state index is -0.588. The van der Waals surface area contributed by atoms with Crippen molar-refractivity contribution in [2.75, 3.05) is 32.9 Å². The van der Waals surface area contributed by atoms with Crippen molar-refractivity contribution in [1.82, 2.24) is 9.47 Å². The van der Waals surface area contributed by atoms with E-state index < -0.39 is 5.97 Å². The van der Waals surface area contributed by atoms with Crippen molar-refractivity contribution in [3.8, 4) is 0 Å². The van der Waals surface area contributed by atoms with Gasteiger partial charge in [-0.3, -0.25) is 9.69 Å². The van der Waals surface area contributed by atoms with Gasteiger partial charge in [-0.1, -0.05) is 6.92 Å². The number of nitrogens with zero attached hydrogens (tertiary/aromatic N) is 2. The van der Waals surface area contributed by atoms with Gasteiger partial charge in [-0.15, -0.1) is 0 Å². The third kappa shape index (κ3) is 3.77. The van der Waals surface area contributed by atoms with Crippen LogP contribution in [0.3, 0.4) is 0 Å². The highest BCUT2D eigenvalue weighted by molar-refractivity contribution is 5.92. The van der Waals surface area contributed by atoms with Gasteiger partial charge in [0.2, 0.25) is 11.1 Å². The molecule has 2 aromatic rings. The lowest BCUT2D eigenvalue weighted by atomic mass is 10.2. The summed E-state index contributed by atoms with van der Waals surface area (Å²) in [6, 6.07) is 1.75. The molecule has 1 aliphatic rings. The first-order valence-electron chi connectivity index (χ1n) is 8.77. The maximum absolute atomic E-state index is 12.7. The predicted octanol–water partition coefficient (Wildman–Crippen LogP) is 2.01. The van der Waals surface area contributed by atoms with Crippen molar-refractivity contribution < 1.29 is 18.7 Å². The molecule has 0 atom stereocenters. The molecule has 3 heterocycles. The maximum Gasteiger partial charge on any atom is 0.343 e. The summed E-state index contributed by atoms with van der Waals surface area (Å²) in [5.74, 6) is 0.134. The van der Waals surface area contributed by atoms with E-state index in [0.717, 1.165) is 25.3 Å². The van der Waals surface area contributed by atoms with Crippen LogP contribution in [0.1, 0.15) is 36.4 Å². The summed E-state index contributed by atoms with van der Waals surface area (Å²) < 4.78 is 18.2. The van der Waals surface area contributed by atoms with Gasteiger partial charge in [0.05, 0.1) is 31.8 Å². The lowest BCUT2D eigenvalue weighted by molar-refractivity contribution is 0.0315. The average molecular weight is 348 g/mol. The van der Waals surface area contributed by atoms with Gasteiger partial charge in [-0.05, 0) is 19.4 Å². The Bertz CT molecular complexity index is 802. The Kier molecular flexibility index (Phi) is 5.55. The molecular weight excluding hydrogens is 324 g/mol. The molecule has 1 aliphatic heterocycles. The number of aryl methyl sites for hydroxylation is 1. The van der Waals surface area contributed by atoms with E-state index in [9.17, 15) is 9.59 Å². The largest absolute Gasteiger partial charge is 0.462 e. The molecule has 7 heteroatoms. The number of rotatable bonds is 6. The number of furan rings is 1. The monoisotopic (exact) mass is 348 g/mol. The molecule has 0 spiro atoms. The summed E-state index contributed by atoms with van der Waals surface area (Å²) in [7, 11) is 0. The van der Waals surface area contributed by atoms with E-state index in [1.807, 2.05) is 11.5 Å². The number of hydrogen-bond donors (Lipinski definition) is 0. The average Bonchev–Trinajstić information content (AvgIpc) is 3.03. The van der Waals surface area contributed by atoms with Gasteiger partial charge < -0.3 is 18.5 Å². The van der Waals surface area contributed by atoms with Gasteiger partial charge in [0.25, 0.3) is 0 Å². The van der Waals surface area contributed by atoms with Gasteiger partial charge >= 0.3 is 5.97 Å². The summed E-state index contributed by atoms with van der Waals surface area (Å²) in [6.45, 7) is 8.36. The van der Waals surface area contributed by atoms with E-state index in [1.165, 1.54) is 0 Å². The molecule has 7 nitrogen and oxygen atoms in total. The first-order valence-corrected chi connectivity index (χ1v) is 8.77. The van der Waals surface area contributed by atoms with Crippen molar-refractivity contribution in [1.29, 1.82) is 0 Å². The third-order valence-corrected chi connectivity index (χ3v) is 4.24. The SMILES string of the molecule is CCCn1cc(C(=O)OCC)c(=O)c2cc(CN3CCOCC3)oc21. The number of morpholine rings is 1. The molecule has 0 saturated carbocycles. The zero-order chi connectivity index (χ0) is 17.8. The molecule has 0 unspecified atom stereocenters. The maximum atomic E-state index is 12.7. The Morgan fingerprint density at radius 2 is 2.04 bits per heavy atom. The van der Waals surface area contributed by atoms with Crippen LogP contribution in [0.25, 0.3) is 11.1 Å². The second-order valence-corrected chi connectivity index (χ2v) is 6.11. The van der Waals surface area contributed by atoms with Crippen LogP contribution in [0.4, 0.5) is 0 Å². The fourth-order valence-electron chi connectivity index (χ4n) is 3.04. The molecule has 1 fully saturated rings. The van der Waals surface area contributed by atoms with E-state index in [0.29, 0.717) is 37.4 Å². The highest BCUT2D eigenvalue weighted by Crippen LogP contribution is 2.20. The summed E-state index contributed by atoms with van der Waals surface area (Å²) in [6.07, 6.45) is 2.41. The highest BCUT2D eigenvalue weighted by atomic mass is 16.5. The Balaban J connectivity index is 2.00. The first-order chi connectivity index (χ1) is 12.1. The number of aromatic nitrogens is 1. The number of carbonyl (C=O) groups is 1. The third-order valence-electron chi connectivity index (χ3n) is 4.24. The first kappa shape index (κ1) is 17.7. The van der Waals surface area contributed by atoms with Crippen LogP contribution >= 0.6 is 0 Å². The highest BCUT2D eigenvalue weighted by Gasteiger charge is 2.21. The molecule has 0 aromatic carbocycles. The van der Waals surface area contributed by atoms with Crippen LogP contribution in [-0.4, -0.2) is 48.3 Å². The topological polar surface area (TPSA) is 73.9 Å². The molecule has 25 heavy (non-hydrogen) atoms. The fraction of sp³-hybridized carbons (Fsp3) is 0.556. The van der Waals surface area contributed by atoms with Crippen molar-refractivity contribution in [2.45, 2.75) is 33.4 Å². The molecular formula is C18H24N2O5. The molecule has 2 aromatic heterocycles.